The number of amides is 2. The zero-order chi connectivity index (χ0) is 17.6. The Hall–Kier alpha value is -1.70. The van der Waals surface area contributed by atoms with Crippen molar-refractivity contribution >= 4 is 23.6 Å². The molecule has 1 aromatic rings. The average molecular weight is 348 g/mol. The van der Waals surface area contributed by atoms with Crippen LogP contribution in [0.3, 0.4) is 0 Å². The third kappa shape index (κ3) is 6.52. The Morgan fingerprint density at radius 2 is 1.91 bits per heavy atom. The van der Waals surface area contributed by atoms with E-state index in [1.807, 2.05) is 13.8 Å². The number of carbonyl (C=O) groups excluding carboxylic acids is 2. The van der Waals surface area contributed by atoms with Crippen LogP contribution >= 0.6 is 11.8 Å². The number of nitrogens with two attached hydrogens (primary N) is 1. The van der Waals surface area contributed by atoms with Gasteiger partial charge in [0.1, 0.15) is 0 Å². The highest BCUT2D eigenvalue weighted by atomic mass is 32.2. The van der Waals surface area contributed by atoms with Crippen molar-refractivity contribution in [2.24, 2.45) is 11.7 Å². The maximum atomic E-state index is 12.8. The Balaban J connectivity index is 2.83. The second kappa shape index (κ2) is 8.24. The lowest BCUT2D eigenvalue weighted by molar-refractivity contribution is -0.137. The van der Waals surface area contributed by atoms with Gasteiger partial charge >= 0.3 is 6.18 Å². The van der Waals surface area contributed by atoms with Crippen LogP contribution in [0.4, 0.5) is 13.2 Å². The number of hydrogen-bond donors (Lipinski definition) is 2. The van der Waals surface area contributed by atoms with Crippen molar-refractivity contribution in [3.05, 3.63) is 35.4 Å². The molecule has 0 bridgehead atoms. The smallest absolute Gasteiger partial charge is 0.369 e. The SMILES string of the molecule is CC(C)[C@H](NC(=O)CSCC(N)=O)c1cccc(C(F)(F)F)c1. The van der Waals surface area contributed by atoms with Crippen LogP contribution in [0.15, 0.2) is 24.3 Å². The summed E-state index contributed by atoms with van der Waals surface area (Å²) in [6, 6.07) is 4.37. The van der Waals surface area contributed by atoms with Crippen molar-refractivity contribution in [3.63, 3.8) is 0 Å². The first-order valence-corrected chi connectivity index (χ1v) is 8.09. The topological polar surface area (TPSA) is 72.2 Å². The van der Waals surface area contributed by atoms with Crippen molar-refractivity contribution in [2.45, 2.75) is 26.1 Å². The second-order valence-electron chi connectivity index (χ2n) is 5.37. The summed E-state index contributed by atoms with van der Waals surface area (Å²) in [6.07, 6.45) is -4.43. The molecule has 0 radical (unpaired) electrons. The van der Waals surface area contributed by atoms with E-state index < -0.39 is 23.7 Å². The molecule has 128 valence electrons. The molecule has 0 aliphatic carbocycles. The first-order valence-electron chi connectivity index (χ1n) is 6.94. The van der Waals surface area contributed by atoms with Gasteiger partial charge in [0.05, 0.1) is 23.1 Å². The average Bonchev–Trinajstić information content (AvgIpc) is 2.43. The second-order valence-corrected chi connectivity index (χ2v) is 6.36. The molecule has 0 unspecified atom stereocenters. The first kappa shape index (κ1) is 19.3. The summed E-state index contributed by atoms with van der Waals surface area (Å²) < 4.78 is 38.4. The molecule has 0 aliphatic heterocycles. The van der Waals surface area contributed by atoms with E-state index in [-0.39, 0.29) is 23.3 Å². The Kier molecular flexibility index (Phi) is 6.93. The highest BCUT2D eigenvalue weighted by Gasteiger charge is 2.31. The summed E-state index contributed by atoms with van der Waals surface area (Å²) in [6.45, 7) is 3.61. The molecule has 0 saturated heterocycles. The third-order valence-corrected chi connectivity index (χ3v) is 3.99. The van der Waals surface area contributed by atoms with E-state index in [2.05, 4.69) is 5.32 Å². The Bertz CT molecular complexity index is 562. The van der Waals surface area contributed by atoms with Crippen molar-refractivity contribution in [1.82, 2.24) is 5.32 Å². The molecule has 0 aliphatic rings. The van der Waals surface area contributed by atoms with Gasteiger partial charge in [-0.05, 0) is 23.6 Å². The number of thioether (sulfide) groups is 1. The predicted octanol–water partition coefficient (Wildman–Crippen LogP) is 2.74. The fourth-order valence-corrected chi connectivity index (χ4v) is 2.57. The zero-order valence-corrected chi connectivity index (χ0v) is 13.6. The molecule has 0 aromatic heterocycles. The van der Waals surface area contributed by atoms with Crippen LogP contribution in [0.1, 0.15) is 31.0 Å². The van der Waals surface area contributed by atoms with Gasteiger partial charge in [-0.3, -0.25) is 9.59 Å². The summed E-state index contributed by atoms with van der Waals surface area (Å²) >= 11 is 1.06. The summed E-state index contributed by atoms with van der Waals surface area (Å²) in [5.74, 6) is -0.939. The van der Waals surface area contributed by atoms with Gasteiger partial charge in [-0.2, -0.15) is 13.2 Å². The number of benzene rings is 1. The molecule has 3 N–H and O–H groups in total. The normalized spacial score (nSPS) is 13.0. The van der Waals surface area contributed by atoms with Gasteiger partial charge in [0, 0.05) is 0 Å². The van der Waals surface area contributed by atoms with Crippen LogP contribution < -0.4 is 11.1 Å². The minimum Gasteiger partial charge on any atom is -0.369 e. The lowest BCUT2D eigenvalue weighted by Gasteiger charge is -2.23. The number of primary amides is 1. The number of carbonyl (C=O) groups is 2. The van der Waals surface area contributed by atoms with Crippen molar-refractivity contribution in [2.75, 3.05) is 11.5 Å². The molecule has 4 nitrogen and oxygen atoms in total. The van der Waals surface area contributed by atoms with Crippen LogP contribution in [0.2, 0.25) is 0 Å². The molecule has 0 heterocycles. The first-order chi connectivity index (χ1) is 10.6. The monoisotopic (exact) mass is 348 g/mol. The molecule has 0 saturated carbocycles. The molecular formula is C15H19F3N2O2S. The predicted molar refractivity (Wildman–Crippen MR) is 83.7 cm³/mol. The fourth-order valence-electron chi connectivity index (χ4n) is 2.00. The van der Waals surface area contributed by atoms with Crippen LogP contribution in [0.25, 0.3) is 0 Å². The Morgan fingerprint density at radius 1 is 1.26 bits per heavy atom. The lowest BCUT2D eigenvalue weighted by atomic mass is 9.94. The third-order valence-electron chi connectivity index (χ3n) is 3.03. The highest BCUT2D eigenvalue weighted by Crippen LogP contribution is 2.32. The number of nitrogens with one attached hydrogen (secondary N) is 1. The maximum Gasteiger partial charge on any atom is 0.416 e. The molecule has 1 atom stereocenters. The largest absolute Gasteiger partial charge is 0.416 e. The fraction of sp³-hybridized carbons (Fsp3) is 0.467. The number of alkyl halides is 3. The Morgan fingerprint density at radius 3 is 2.43 bits per heavy atom. The summed E-state index contributed by atoms with van der Waals surface area (Å²) in [7, 11) is 0. The number of hydrogen-bond acceptors (Lipinski definition) is 3. The van der Waals surface area contributed by atoms with Crippen LogP contribution in [0, 0.1) is 5.92 Å². The van der Waals surface area contributed by atoms with Gasteiger partial charge < -0.3 is 11.1 Å². The van der Waals surface area contributed by atoms with Crippen LogP contribution in [-0.4, -0.2) is 23.3 Å². The molecule has 0 fully saturated rings. The molecule has 23 heavy (non-hydrogen) atoms. The van der Waals surface area contributed by atoms with Crippen molar-refractivity contribution in [3.8, 4) is 0 Å². The zero-order valence-electron chi connectivity index (χ0n) is 12.8. The molecule has 2 amide bonds. The van der Waals surface area contributed by atoms with Gasteiger partial charge in [-0.25, -0.2) is 0 Å². The summed E-state index contributed by atoms with van der Waals surface area (Å²) in [5, 5.41) is 2.71. The van der Waals surface area contributed by atoms with E-state index in [9.17, 15) is 22.8 Å². The molecule has 8 heteroatoms. The molecular weight excluding hydrogens is 329 g/mol. The van der Waals surface area contributed by atoms with Gasteiger partial charge in [-0.15, -0.1) is 11.8 Å². The maximum absolute atomic E-state index is 12.8. The highest BCUT2D eigenvalue weighted by molar-refractivity contribution is 8.00. The minimum absolute atomic E-state index is 0.0172. The van der Waals surface area contributed by atoms with E-state index in [1.54, 1.807) is 6.07 Å². The van der Waals surface area contributed by atoms with E-state index in [1.165, 1.54) is 6.07 Å². The van der Waals surface area contributed by atoms with Gasteiger partial charge in [0.25, 0.3) is 0 Å². The lowest BCUT2D eigenvalue weighted by Crippen LogP contribution is -2.33. The molecule has 1 rings (SSSR count). The van der Waals surface area contributed by atoms with Crippen LogP contribution in [0.5, 0.6) is 0 Å². The standard InChI is InChI=1S/C15H19F3N2O2S/c1-9(2)14(20-13(22)8-23-7-12(19)21)10-4-3-5-11(6-10)15(16,17)18/h3-6,9,14H,7-8H2,1-2H3,(H2,19,21)(H,20,22)/t14-/m0/s1. The summed E-state index contributed by atoms with van der Waals surface area (Å²) in [5.41, 5.74) is 4.62. The van der Waals surface area contributed by atoms with E-state index in [0.29, 0.717) is 5.56 Å². The van der Waals surface area contributed by atoms with E-state index >= 15 is 0 Å². The number of halogens is 3. The minimum atomic E-state index is -4.43. The van der Waals surface area contributed by atoms with Crippen molar-refractivity contribution in [1.29, 1.82) is 0 Å². The van der Waals surface area contributed by atoms with Crippen LogP contribution in [-0.2, 0) is 15.8 Å². The van der Waals surface area contributed by atoms with Crippen molar-refractivity contribution < 1.29 is 22.8 Å². The van der Waals surface area contributed by atoms with E-state index in [4.69, 9.17) is 5.73 Å². The summed E-state index contributed by atoms with van der Waals surface area (Å²) in [4.78, 5) is 22.5. The van der Waals surface area contributed by atoms with Gasteiger partial charge in [0.2, 0.25) is 11.8 Å². The van der Waals surface area contributed by atoms with Gasteiger partial charge in [0.15, 0.2) is 0 Å². The molecule has 1 aromatic carbocycles. The number of rotatable bonds is 7. The van der Waals surface area contributed by atoms with Gasteiger partial charge in [-0.1, -0.05) is 26.0 Å². The van der Waals surface area contributed by atoms with E-state index in [0.717, 1.165) is 23.9 Å². The Labute approximate surface area is 137 Å². The molecule has 0 spiro atoms. The quantitative estimate of drug-likeness (QED) is 0.796.